The molecule has 1 saturated heterocycles. The molecule has 2 aromatic heterocycles. The fourth-order valence-electron chi connectivity index (χ4n) is 2.92. The molecule has 1 unspecified atom stereocenters. The fourth-order valence-corrected chi connectivity index (χ4v) is 2.92. The van der Waals surface area contributed by atoms with Crippen LogP contribution >= 0.6 is 0 Å². The average molecular weight is 326 g/mol. The summed E-state index contributed by atoms with van der Waals surface area (Å²) in [6.45, 7) is 5.89. The van der Waals surface area contributed by atoms with Crippen LogP contribution in [-0.2, 0) is 0 Å². The molecular weight excluding hydrogens is 304 g/mol. The number of carbonyl (C=O) groups is 1. The lowest BCUT2D eigenvalue weighted by Gasteiger charge is -2.38. The van der Waals surface area contributed by atoms with Gasteiger partial charge in [0, 0.05) is 51.7 Å². The number of aromatic nitrogens is 3. The highest BCUT2D eigenvalue weighted by atomic mass is 16.1. The van der Waals surface area contributed by atoms with E-state index in [9.17, 15) is 4.79 Å². The van der Waals surface area contributed by atoms with Gasteiger partial charge in [-0.2, -0.15) is 0 Å². The third-order valence-electron chi connectivity index (χ3n) is 4.46. The highest BCUT2D eigenvalue weighted by Crippen LogP contribution is 2.22. The standard InChI is InChI=1S/C17H22N6O/c1-13(14-4-3-7-19-12-14)22-8-10-23(11-9-22)16-6-5-15(20-21-16)17(24)18-2/h3-7,12-13H,8-11H2,1-2H3,(H,18,24). The van der Waals surface area contributed by atoms with Crippen LogP contribution in [0.1, 0.15) is 29.0 Å². The SMILES string of the molecule is CNC(=O)c1ccc(N2CCN(C(C)c3cccnc3)CC2)nn1. The Labute approximate surface area is 141 Å². The van der Waals surface area contributed by atoms with E-state index in [0.717, 1.165) is 32.0 Å². The van der Waals surface area contributed by atoms with E-state index >= 15 is 0 Å². The molecule has 0 saturated carbocycles. The van der Waals surface area contributed by atoms with Crippen LogP contribution in [0.2, 0.25) is 0 Å². The normalized spacial score (nSPS) is 16.7. The summed E-state index contributed by atoms with van der Waals surface area (Å²) in [6.07, 6.45) is 3.73. The Morgan fingerprint density at radius 3 is 2.54 bits per heavy atom. The topological polar surface area (TPSA) is 74.2 Å². The smallest absolute Gasteiger partial charge is 0.271 e. The Hall–Kier alpha value is -2.54. The van der Waals surface area contributed by atoms with Crippen LogP contribution in [0.15, 0.2) is 36.7 Å². The first-order chi connectivity index (χ1) is 11.7. The summed E-state index contributed by atoms with van der Waals surface area (Å²) in [5, 5.41) is 10.7. The van der Waals surface area contributed by atoms with Gasteiger partial charge >= 0.3 is 0 Å². The van der Waals surface area contributed by atoms with Gasteiger partial charge in [-0.25, -0.2) is 0 Å². The van der Waals surface area contributed by atoms with Crippen molar-refractivity contribution < 1.29 is 4.79 Å². The molecule has 0 aliphatic carbocycles. The molecule has 0 bridgehead atoms. The van der Waals surface area contributed by atoms with Gasteiger partial charge in [-0.1, -0.05) is 6.07 Å². The number of amides is 1. The van der Waals surface area contributed by atoms with Gasteiger partial charge in [0.2, 0.25) is 0 Å². The van der Waals surface area contributed by atoms with Crippen LogP contribution in [-0.4, -0.2) is 59.2 Å². The van der Waals surface area contributed by atoms with E-state index in [0.29, 0.717) is 11.7 Å². The molecule has 0 aromatic carbocycles. The van der Waals surface area contributed by atoms with Crippen LogP contribution in [0.5, 0.6) is 0 Å². The van der Waals surface area contributed by atoms with Crippen molar-refractivity contribution in [2.24, 2.45) is 0 Å². The van der Waals surface area contributed by atoms with Crippen molar-refractivity contribution in [2.75, 3.05) is 38.1 Å². The van der Waals surface area contributed by atoms with Gasteiger partial charge in [0.15, 0.2) is 11.5 Å². The van der Waals surface area contributed by atoms with E-state index in [-0.39, 0.29) is 5.91 Å². The Morgan fingerprint density at radius 1 is 1.17 bits per heavy atom. The predicted molar refractivity (Wildman–Crippen MR) is 91.9 cm³/mol. The number of nitrogens with one attached hydrogen (secondary N) is 1. The third kappa shape index (κ3) is 3.51. The number of carbonyl (C=O) groups excluding carboxylic acids is 1. The first-order valence-electron chi connectivity index (χ1n) is 8.14. The summed E-state index contributed by atoms with van der Waals surface area (Å²) in [7, 11) is 1.58. The second-order valence-corrected chi connectivity index (χ2v) is 5.84. The van der Waals surface area contributed by atoms with Crippen molar-refractivity contribution in [3.05, 3.63) is 47.9 Å². The zero-order valence-electron chi connectivity index (χ0n) is 14.0. The molecule has 1 N–H and O–H groups in total. The van der Waals surface area contributed by atoms with E-state index in [2.05, 4.69) is 43.3 Å². The molecule has 1 amide bonds. The molecule has 1 fully saturated rings. The summed E-state index contributed by atoms with van der Waals surface area (Å²) in [5.41, 5.74) is 1.57. The van der Waals surface area contributed by atoms with Crippen molar-refractivity contribution in [1.82, 2.24) is 25.4 Å². The molecule has 24 heavy (non-hydrogen) atoms. The molecule has 126 valence electrons. The first kappa shape index (κ1) is 16.3. The monoisotopic (exact) mass is 326 g/mol. The lowest BCUT2D eigenvalue weighted by molar-refractivity contribution is 0.0957. The molecule has 3 heterocycles. The lowest BCUT2D eigenvalue weighted by atomic mass is 10.1. The van der Waals surface area contributed by atoms with Gasteiger partial charge in [0.1, 0.15) is 0 Å². The molecule has 1 aliphatic rings. The minimum atomic E-state index is -0.218. The number of anilines is 1. The molecule has 0 spiro atoms. The number of hydrogen-bond donors (Lipinski definition) is 1. The van der Waals surface area contributed by atoms with Crippen molar-refractivity contribution in [1.29, 1.82) is 0 Å². The van der Waals surface area contributed by atoms with Crippen molar-refractivity contribution >= 4 is 11.7 Å². The van der Waals surface area contributed by atoms with Gasteiger partial charge in [-0.05, 0) is 30.7 Å². The zero-order chi connectivity index (χ0) is 16.9. The summed E-state index contributed by atoms with van der Waals surface area (Å²) in [4.78, 5) is 20.4. The van der Waals surface area contributed by atoms with E-state index in [1.807, 2.05) is 18.3 Å². The number of hydrogen-bond acceptors (Lipinski definition) is 6. The molecule has 7 nitrogen and oxygen atoms in total. The molecular formula is C17H22N6O. The summed E-state index contributed by atoms with van der Waals surface area (Å²) < 4.78 is 0. The highest BCUT2D eigenvalue weighted by molar-refractivity contribution is 5.91. The molecule has 1 aliphatic heterocycles. The molecule has 0 radical (unpaired) electrons. The second kappa shape index (κ2) is 7.35. The maximum Gasteiger partial charge on any atom is 0.271 e. The quantitative estimate of drug-likeness (QED) is 0.907. The van der Waals surface area contributed by atoms with Crippen LogP contribution < -0.4 is 10.2 Å². The number of piperazine rings is 1. The summed E-state index contributed by atoms with van der Waals surface area (Å²) in [5.74, 6) is 0.598. The molecule has 3 rings (SSSR count). The average Bonchev–Trinajstić information content (AvgIpc) is 2.68. The van der Waals surface area contributed by atoms with Gasteiger partial charge in [0.05, 0.1) is 0 Å². The van der Waals surface area contributed by atoms with Crippen molar-refractivity contribution in [3.63, 3.8) is 0 Å². The highest BCUT2D eigenvalue weighted by Gasteiger charge is 2.23. The Bertz CT molecular complexity index is 667. The first-order valence-corrected chi connectivity index (χ1v) is 8.14. The Morgan fingerprint density at radius 2 is 1.96 bits per heavy atom. The lowest BCUT2D eigenvalue weighted by Crippen LogP contribution is -2.47. The molecule has 7 heteroatoms. The third-order valence-corrected chi connectivity index (χ3v) is 4.46. The Balaban J connectivity index is 1.60. The predicted octanol–water partition coefficient (Wildman–Crippen LogP) is 1.11. The largest absolute Gasteiger partial charge is 0.354 e. The van der Waals surface area contributed by atoms with E-state index in [1.165, 1.54) is 5.56 Å². The summed E-state index contributed by atoms with van der Waals surface area (Å²) in [6, 6.07) is 8.02. The maximum atomic E-state index is 11.5. The van der Waals surface area contributed by atoms with E-state index < -0.39 is 0 Å². The van der Waals surface area contributed by atoms with Crippen molar-refractivity contribution in [3.8, 4) is 0 Å². The van der Waals surface area contributed by atoms with Gasteiger partial charge in [0.25, 0.3) is 5.91 Å². The minimum Gasteiger partial charge on any atom is -0.354 e. The van der Waals surface area contributed by atoms with Gasteiger partial charge < -0.3 is 10.2 Å². The fraction of sp³-hybridized carbons (Fsp3) is 0.412. The summed E-state index contributed by atoms with van der Waals surface area (Å²) >= 11 is 0. The van der Waals surface area contributed by atoms with Crippen LogP contribution in [0.4, 0.5) is 5.82 Å². The number of nitrogens with zero attached hydrogens (tertiary/aromatic N) is 5. The minimum absolute atomic E-state index is 0.218. The zero-order valence-corrected chi connectivity index (χ0v) is 14.0. The van der Waals surface area contributed by atoms with Crippen molar-refractivity contribution in [2.45, 2.75) is 13.0 Å². The maximum absolute atomic E-state index is 11.5. The Kier molecular flexibility index (Phi) is 5.00. The van der Waals surface area contributed by atoms with E-state index in [1.54, 1.807) is 19.3 Å². The number of rotatable bonds is 4. The second-order valence-electron chi connectivity index (χ2n) is 5.84. The van der Waals surface area contributed by atoms with Gasteiger partial charge in [-0.3, -0.25) is 14.7 Å². The van der Waals surface area contributed by atoms with Crippen LogP contribution in [0.3, 0.4) is 0 Å². The number of pyridine rings is 1. The molecule has 2 aromatic rings. The van der Waals surface area contributed by atoms with Crippen LogP contribution in [0, 0.1) is 0 Å². The van der Waals surface area contributed by atoms with Gasteiger partial charge in [-0.15, -0.1) is 10.2 Å². The molecule has 1 atom stereocenters. The van der Waals surface area contributed by atoms with E-state index in [4.69, 9.17) is 0 Å². The van der Waals surface area contributed by atoms with Crippen LogP contribution in [0.25, 0.3) is 0 Å².